The van der Waals surface area contributed by atoms with Gasteiger partial charge in [0.25, 0.3) is 0 Å². The van der Waals surface area contributed by atoms with E-state index in [0.29, 0.717) is 24.7 Å². The van der Waals surface area contributed by atoms with Crippen molar-refractivity contribution in [3.8, 4) is 0 Å². The number of benzene rings is 1. The molecule has 1 saturated carbocycles. The van der Waals surface area contributed by atoms with Crippen molar-refractivity contribution in [3.63, 3.8) is 0 Å². The maximum atomic E-state index is 13.9. The van der Waals surface area contributed by atoms with Crippen molar-refractivity contribution in [3.05, 3.63) is 34.1 Å². The molecular weight excluding hydrogens is 401 g/mol. The number of amides is 1. The molecule has 0 spiro atoms. The summed E-state index contributed by atoms with van der Waals surface area (Å²) >= 11 is 3.27. The highest BCUT2D eigenvalue weighted by Gasteiger charge is 2.25. The van der Waals surface area contributed by atoms with Crippen LogP contribution in [-0.4, -0.2) is 67.5 Å². The van der Waals surface area contributed by atoms with Crippen LogP contribution in [0.25, 0.3) is 0 Å². The summed E-state index contributed by atoms with van der Waals surface area (Å²) in [5.41, 5.74) is 0.602. The predicted molar refractivity (Wildman–Crippen MR) is 103 cm³/mol. The van der Waals surface area contributed by atoms with E-state index >= 15 is 0 Å². The van der Waals surface area contributed by atoms with E-state index in [1.807, 2.05) is 6.07 Å². The smallest absolute Gasteiger partial charge is 0.234 e. The Bertz CT molecular complexity index is 672. The van der Waals surface area contributed by atoms with Crippen LogP contribution in [0, 0.1) is 5.82 Å². The number of nitrogens with zero attached hydrogens (tertiary/aromatic N) is 3. The Kier molecular flexibility index (Phi) is 6.48. The number of nitrogens with one attached hydrogen (secondary N) is 2. The average molecular weight is 426 g/mol. The predicted octanol–water partition coefficient (Wildman–Crippen LogP) is 1.56. The second-order valence-corrected chi connectivity index (χ2v) is 7.66. The molecule has 1 aliphatic heterocycles. The molecule has 0 bridgehead atoms. The van der Waals surface area contributed by atoms with Gasteiger partial charge in [-0.25, -0.2) is 4.39 Å². The van der Waals surface area contributed by atoms with E-state index in [1.165, 1.54) is 6.07 Å². The van der Waals surface area contributed by atoms with Crippen LogP contribution in [0.3, 0.4) is 0 Å². The maximum Gasteiger partial charge on any atom is 0.234 e. The van der Waals surface area contributed by atoms with Crippen LogP contribution >= 0.6 is 15.9 Å². The zero-order valence-electron chi connectivity index (χ0n) is 15.0. The minimum atomic E-state index is -0.242. The van der Waals surface area contributed by atoms with Gasteiger partial charge < -0.3 is 15.5 Å². The fraction of sp³-hybridized carbons (Fsp3) is 0.556. The highest BCUT2D eigenvalue weighted by molar-refractivity contribution is 9.10. The molecular formula is C18H25BrFN5O. The second kappa shape index (κ2) is 8.81. The Balaban J connectivity index is 1.45. The van der Waals surface area contributed by atoms with Gasteiger partial charge in [0.05, 0.1) is 6.54 Å². The number of halogens is 2. The SMILES string of the molecule is CN=C(NCc1ccc(Br)cc1F)N1CCN(CC(=O)NC2CC2)CC1. The Morgan fingerprint density at radius 3 is 2.65 bits per heavy atom. The Hall–Kier alpha value is -1.67. The van der Waals surface area contributed by atoms with Crippen LogP contribution in [0.5, 0.6) is 0 Å². The van der Waals surface area contributed by atoms with Crippen molar-refractivity contribution in [2.24, 2.45) is 4.99 Å². The Morgan fingerprint density at radius 1 is 1.31 bits per heavy atom. The first-order chi connectivity index (χ1) is 12.5. The topological polar surface area (TPSA) is 60.0 Å². The number of guanidine groups is 1. The lowest BCUT2D eigenvalue weighted by atomic mass is 10.2. The van der Waals surface area contributed by atoms with Crippen LogP contribution in [-0.2, 0) is 11.3 Å². The number of carbonyl (C=O) groups excluding carboxylic acids is 1. The van der Waals surface area contributed by atoms with Crippen LogP contribution in [0.2, 0.25) is 0 Å². The van der Waals surface area contributed by atoms with Crippen molar-refractivity contribution in [2.75, 3.05) is 39.8 Å². The molecule has 0 radical (unpaired) electrons. The summed E-state index contributed by atoms with van der Waals surface area (Å²) in [6.45, 7) is 4.05. The van der Waals surface area contributed by atoms with E-state index < -0.39 is 0 Å². The molecule has 142 valence electrons. The van der Waals surface area contributed by atoms with Crippen molar-refractivity contribution < 1.29 is 9.18 Å². The van der Waals surface area contributed by atoms with Crippen molar-refractivity contribution in [2.45, 2.75) is 25.4 Å². The van der Waals surface area contributed by atoms with Crippen molar-refractivity contribution in [1.29, 1.82) is 0 Å². The van der Waals surface area contributed by atoms with E-state index in [0.717, 1.165) is 49.5 Å². The van der Waals surface area contributed by atoms with Crippen LogP contribution in [0.1, 0.15) is 18.4 Å². The van der Waals surface area contributed by atoms with Gasteiger partial charge in [0, 0.05) is 55.8 Å². The molecule has 1 heterocycles. The number of hydrogen-bond acceptors (Lipinski definition) is 3. The molecule has 1 aromatic carbocycles. The molecule has 0 unspecified atom stereocenters. The van der Waals surface area contributed by atoms with Gasteiger partial charge in [-0.1, -0.05) is 22.0 Å². The van der Waals surface area contributed by atoms with Gasteiger partial charge in [0.2, 0.25) is 5.91 Å². The van der Waals surface area contributed by atoms with Gasteiger partial charge in [-0.15, -0.1) is 0 Å². The lowest BCUT2D eigenvalue weighted by Crippen LogP contribution is -2.54. The first-order valence-electron chi connectivity index (χ1n) is 8.96. The van der Waals surface area contributed by atoms with E-state index in [4.69, 9.17) is 0 Å². The van der Waals surface area contributed by atoms with Gasteiger partial charge in [0.1, 0.15) is 5.82 Å². The molecule has 2 aliphatic rings. The third-order valence-corrected chi connectivity index (χ3v) is 5.14. The van der Waals surface area contributed by atoms with Gasteiger partial charge in [-0.3, -0.25) is 14.7 Å². The molecule has 3 rings (SSSR count). The minimum Gasteiger partial charge on any atom is -0.352 e. The highest BCUT2D eigenvalue weighted by Crippen LogP contribution is 2.18. The molecule has 0 atom stereocenters. The summed E-state index contributed by atoms with van der Waals surface area (Å²) in [4.78, 5) is 20.5. The zero-order chi connectivity index (χ0) is 18.5. The summed E-state index contributed by atoms with van der Waals surface area (Å²) in [6.07, 6.45) is 2.22. The minimum absolute atomic E-state index is 0.120. The lowest BCUT2D eigenvalue weighted by Gasteiger charge is -2.36. The van der Waals surface area contributed by atoms with E-state index in [1.54, 1.807) is 13.1 Å². The molecule has 1 aliphatic carbocycles. The first-order valence-corrected chi connectivity index (χ1v) is 9.75. The molecule has 1 saturated heterocycles. The summed E-state index contributed by atoms with van der Waals surface area (Å²) in [5, 5.41) is 6.25. The monoisotopic (exact) mass is 425 g/mol. The fourth-order valence-corrected chi connectivity index (χ4v) is 3.33. The van der Waals surface area contributed by atoms with Gasteiger partial charge in [-0.2, -0.15) is 0 Å². The van der Waals surface area contributed by atoms with E-state index in [-0.39, 0.29) is 11.7 Å². The van der Waals surface area contributed by atoms with Gasteiger partial charge in [0.15, 0.2) is 5.96 Å². The molecule has 0 aromatic heterocycles. The number of rotatable bonds is 5. The molecule has 2 N–H and O–H groups in total. The zero-order valence-corrected chi connectivity index (χ0v) is 16.6. The standard InChI is InChI=1S/C18H25BrFN5O/c1-21-18(22-11-13-2-3-14(19)10-16(13)20)25-8-6-24(7-9-25)12-17(26)23-15-4-5-15/h2-3,10,15H,4-9,11-12H2,1H3,(H,21,22)(H,23,26). The van der Waals surface area contributed by atoms with Gasteiger partial charge in [-0.05, 0) is 25.0 Å². The second-order valence-electron chi connectivity index (χ2n) is 6.74. The van der Waals surface area contributed by atoms with E-state index in [2.05, 4.69) is 41.4 Å². The van der Waals surface area contributed by atoms with Crippen molar-refractivity contribution in [1.82, 2.24) is 20.4 Å². The molecule has 2 fully saturated rings. The van der Waals surface area contributed by atoms with Gasteiger partial charge >= 0.3 is 0 Å². The lowest BCUT2D eigenvalue weighted by molar-refractivity contribution is -0.122. The number of piperazine rings is 1. The van der Waals surface area contributed by atoms with E-state index in [9.17, 15) is 9.18 Å². The van der Waals surface area contributed by atoms with Crippen LogP contribution in [0.4, 0.5) is 4.39 Å². The van der Waals surface area contributed by atoms with Crippen LogP contribution in [0.15, 0.2) is 27.7 Å². The fourth-order valence-electron chi connectivity index (χ4n) is 2.99. The summed E-state index contributed by atoms with van der Waals surface area (Å²) < 4.78 is 14.7. The Labute approximate surface area is 162 Å². The molecule has 6 nitrogen and oxygen atoms in total. The number of carbonyl (C=O) groups is 1. The molecule has 1 amide bonds. The average Bonchev–Trinajstić information content (AvgIpc) is 3.42. The van der Waals surface area contributed by atoms with Crippen molar-refractivity contribution >= 4 is 27.8 Å². The first kappa shape index (κ1) is 19.1. The molecule has 1 aromatic rings. The molecule has 26 heavy (non-hydrogen) atoms. The third kappa shape index (κ3) is 5.41. The maximum absolute atomic E-state index is 13.9. The quantitative estimate of drug-likeness (QED) is 0.555. The largest absolute Gasteiger partial charge is 0.352 e. The number of hydrogen-bond donors (Lipinski definition) is 2. The number of aliphatic imine (C=N–C) groups is 1. The third-order valence-electron chi connectivity index (χ3n) is 4.65. The molecule has 8 heteroatoms. The summed E-state index contributed by atoms with van der Waals surface area (Å²) in [6, 6.07) is 5.46. The van der Waals surface area contributed by atoms with Crippen LogP contribution < -0.4 is 10.6 Å². The summed E-state index contributed by atoms with van der Waals surface area (Å²) in [7, 11) is 1.73. The normalized spacial score (nSPS) is 18.7. The summed E-state index contributed by atoms with van der Waals surface area (Å²) in [5.74, 6) is 0.636. The Morgan fingerprint density at radius 2 is 2.04 bits per heavy atom. The highest BCUT2D eigenvalue weighted by atomic mass is 79.9.